The third-order valence-corrected chi connectivity index (χ3v) is 8.41. The largest absolute Gasteiger partial charge is 0.408 e. The first kappa shape index (κ1) is 31.4. The maximum atomic E-state index is 13.9. The number of carbonyl (C=O) groups excluding carboxylic acids is 3. The van der Waals surface area contributed by atoms with Crippen molar-refractivity contribution in [3.05, 3.63) is 77.7 Å². The van der Waals surface area contributed by atoms with Gasteiger partial charge in [-0.1, -0.05) is 80.6 Å². The molecule has 2 amide bonds. The van der Waals surface area contributed by atoms with Gasteiger partial charge in [0.2, 0.25) is 12.2 Å². The molecule has 1 aliphatic rings. The molecule has 0 radical (unpaired) electrons. The Kier molecular flexibility index (Phi) is 11.3. The molecule has 1 N–H and O–H groups in total. The average molecular weight is 592 g/mol. The minimum Gasteiger partial charge on any atom is -0.408 e. The Labute approximate surface area is 252 Å². The number of amides is 2. The molecule has 1 saturated carbocycles. The molecule has 1 aliphatic carbocycles. The molecular formula is C32H41N5O4S. The Bertz CT molecular complexity index is 1290. The van der Waals surface area contributed by atoms with Crippen LogP contribution in [0.1, 0.15) is 79.0 Å². The molecule has 224 valence electrons. The lowest BCUT2D eigenvalue weighted by atomic mass is 9.84. The number of Topliss-reactive ketones (excluding diaryl/α,β-unsaturated/α-hetero) is 1. The maximum Gasteiger partial charge on any atom is 0.286 e. The molecular weight excluding hydrogens is 550 g/mol. The topological polar surface area (TPSA) is 109 Å². The van der Waals surface area contributed by atoms with Gasteiger partial charge < -0.3 is 19.5 Å². The number of hydrogen-bond acceptors (Lipinski definition) is 8. The lowest BCUT2D eigenvalue weighted by Gasteiger charge is -2.48. The molecule has 4 rings (SSSR count). The van der Waals surface area contributed by atoms with Crippen LogP contribution in [-0.2, 0) is 11.3 Å². The fourth-order valence-corrected chi connectivity index (χ4v) is 6.31. The van der Waals surface area contributed by atoms with Gasteiger partial charge in [0, 0.05) is 24.4 Å². The van der Waals surface area contributed by atoms with Crippen molar-refractivity contribution in [1.82, 2.24) is 25.3 Å². The summed E-state index contributed by atoms with van der Waals surface area (Å²) < 4.78 is 5.82. The summed E-state index contributed by atoms with van der Waals surface area (Å²) in [5.74, 6) is 0.0183. The number of benzene rings is 2. The van der Waals surface area contributed by atoms with Crippen LogP contribution in [0.4, 0.5) is 0 Å². The van der Waals surface area contributed by atoms with Gasteiger partial charge in [0.1, 0.15) is 11.7 Å². The Morgan fingerprint density at radius 2 is 1.69 bits per heavy atom. The Morgan fingerprint density at radius 1 is 1.02 bits per heavy atom. The van der Waals surface area contributed by atoms with Crippen molar-refractivity contribution in [3.63, 3.8) is 0 Å². The number of ketones is 1. The van der Waals surface area contributed by atoms with Gasteiger partial charge in [-0.25, -0.2) is 0 Å². The van der Waals surface area contributed by atoms with Crippen LogP contribution in [0.25, 0.3) is 0 Å². The molecule has 1 atom stereocenters. The van der Waals surface area contributed by atoms with Crippen LogP contribution in [0.15, 0.2) is 70.3 Å². The van der Waals surface area contributed by atoms with E-state index in [9.17, 15) is 14.4 Å². The predicted octanol–water partition coefficient (Wildman–Crippen LogP) is 5.44. The van der Waals surface area contributed by atoms with Crippen LogP contribution in [0.3, 0.4) is 0 Å². The second-order valence-electron chi connectivity index (χ2n) is 11.4. The highest BCUT2D eigenvalue weighted by atomic mass is 32.2. The number of aromatic nitrogens is 2. The van der Waals surface area contributed by atoms with E-state index in [2.05, 4.69) is 39.6 Å². The van der Waals surface area contributed by atoms with Crippen LogP contribution in [-0.4, -0.2) is 69.1 Å². The van der Waals surface area contributed by atoms with Crippen molar-refractivity contribution in [2.75, 3.05) is 19.3 Å². The van der Waals surface area contributed by atoms with Crippen molar-refractivity contribution in [3.8, 4) is 0 Å². The zero-order valence-electron chi connectivity index (χ0n) is 24.7. The fraction of sp³-hybridized carbons (Fsp3) is 0.469. The Morgan fingerprint density at radius 3 is 2.33 bits per heavy atom. The lowest BCUT2D eigenvalue weighted by molar-refractivity contribution is -0.129. The Balaban J connectivity index is 1.47. The van der Waals surface area contributed by atoms with Crippen LogP contribution in [0.2, 0.25) is 0 Å². The van der Waals surface area contributed by atoms with Gasteiger partial charge in [0.05, 0.1) is 0 Å². The summed E-state index contributed by atoms with van der Waals surface area (Å²) in [5, 5.41) is 11.7. The molecule has 1 aromatic heterocycles. The summed E-state index contributed by atoms with van der Waals surface area (Å²) in [7, 11) is 2.05. The summed E-state index contributed by atoms with van der Waals surface area (Å²) in [4.78, 5) is 43.7. The number of nitrogens with zero attached hydrogens (tertiary/aromatic N) is 4. The van der Waals surface area contributed by atoms with Crippen molar-refractivity contribution in [2.45, 2.75) is 75.8 Å². The molecule has 9 nitrogen and oxygen atoms in total. The second-order valence-corrected chi connectivity index (χ2v) is 12.4. The smallest absolute Gasteiger partial charge is 0.286 e. The van der Waals surface area contributed by atoms with Crippen LogP contribution < -0.4 is 5.32 Å². The zero-order chi connectivity index (χ0) is 30.0. The summed E-state index contributed by atoms with van der Waals surface area (Å²) in [5.41, 5.74) is 0.763. The fourth-order valence-electron chi connectivity index (χ4n) is 5.50. The molecule has 10 heteroatoms. The maximum absolute atomic E-state index is 13.9. The van der Waals surface area contributed by atoms with Gasteiger partial charge in [0.25, 0.3) is 17.0 Å². The van der Waals surface area contributed by atoms with E-state index in [1.165, 1.54) is 22.2 Å². The van der Waals surface area contributed by atoms with Gasteiger partial charge in [-0.15, -0.1) is 10.2 Å². The number of hydrogen-bond donors (Lipinski definition) is 1. The van der Waals surface area contributed by atoms with Gasteiger partial charge in [-0.2, -0.15) is 0 Å². The summed E-state index contributed by atoms with van der Waals surface area (Å²) in [6.07, 6.45) is 4.90. The van der Waals surface area contributed by atoms with E-state index in [0.29, 0.717) is 42.2 Å². The van der Waals surface area contributed by atoms with E-state index in [4.69, 9.17) is 4.42 Å². The quantitative estimate of drug-likeness (QED) is 0.108. The summed E-state index contributed by atoms with van der Waals surface area (Å²) in [6, 6.07) is 18.3. The van der Waals surface area contributed by atoms with E-state index in [-0.39, 0.29) is 17.7 Å². The highest BCUT2D eigenvalue weighted by molar-refractivity contribution is 7.99. The van der Waals surface area contributed by atoms with Gasteiger partial charge in [0.15, 0.2) is 0 Å². The SMILES string of the molecule is CC(C)CC(C(=O)c1nnc(SCCN(C)Cc2ccccc2)o1)N(C=O)C1(NC(=O)c2ccccc2)CCCCC1. The van der Waals surface area contributed by atoms with Crippen LogP contribution in [0.5, 0.6) is 0 Å². The van der Waals surface area contributed by atoms with E-state index in [1.54, 1.807) is 24.3 Å². The molecule has 1 unspecified atom stereocenters. The third-order valence-electron chi connectivity index (χ3n) is 7.61. The van der Waals surface area contributed by atoms with Crippen LogP contribution in [0, 0.1) is 5.92 Å². The molecule has 0 bridgehead atoms. The van der Waals surface area contributed by atoms with Gasteiger partial charge in [-0.05, 0) is 62.8 Å². The molecule has 0 saturated heterocycles. The first-order chi connectivity index (χ1) is 20.3. The highest BCUT2D eigenvalue weighted by Crippen LogP contribution is 2.35. The molecule has 0 aliphatic heterocycles. The summed E-state index contributed by atoms with van der Waals surface area (Å²) >= 11 is 1.40. The lowest BCUT2D eigenvalue weighted by Crippen LogP contribution is -2.65. The van der Waals surface area contributed by atoms with Crippen LogP contribution >= 0.6 is 11.8 Å². The van der Waals surface area contributed by atoms with Crippen molar-refractivity contribution in [2.24, 2.45) is 5.92 Å². The highest BCUT2D eigenvalue weighted by Gasteiger charge is 2.45. The van der Waals surface area contributed by atoms with Crippen molar-refractivity contribution >= 4 is 29.9 Å². The molecule has 2 aromatic carbocycles. The summed E-state index contributed by atoms with van der Waals surface area (Å²) in [6.45, 7) is 5.63. The monoisotopic (exact) mass is 591 g/mol. The standard InChI is InChI=1S/C32H41N5O4S/c1-24(2)21-27(37(23-38)32(17-11-6-12-18-32)33-29(40)26-15-9-5-10-16-26)28(39)30-34-35-31(41-30)42-20-19-36(3)22-25-13-7-4-8-14-25/h4-5,7-10,13-16,23-24,27H,6,11-12,17-22H2,1-3H3,(H,33,40). The molecule has 1 heterocycles. The van der Waals surface area contributed by atoms with Gasteiger partial charge in [-0.3, -0.25) is 14.4 Å². The first-order valence-corrected chi connectivity index (χ1v) is 15.6. The zero-order valence-corrected chi connectivity index (χ0v) is 25.5. The third kappa shape index (κ3) is 8.29. The van der Waals surface area contributed by atoms with Gasteiger partial charge >= 0.3 is 0 Å². The minimum absolute atomic E-state index is 0.101. The predicted molar refractivity (Wildman–Crippen MR) is 163 cm³/mol. The van der Waals surface area contributed by atoms with E-state index < -0.39 is 17.5 Å². The molecule has 1 fully saturated rings. The van der Waals surface area contributed by atoms with E-state index in [0.717, 1.165) is 32.4 Å². The average Bonchev–Trinajstić information content (AvgIpc) is 3.47. The van der Waals surface area contributed by atoms with Crippen molar-refractivity contribution < 1.29 is 18.8 Å². The number of thioether (sulfide) groups is 1. The molecule has 3 aromatic rings. The first-order valence-electron chi connectivity index (χ1n) is 14.7. The molecule has 0 spiro atoms. The Hall–Kier alpha value is -3.50. The second kappa shape index (κ2) is 15.1. The minimum atomic E-state index is -0.983. The number of rotatable bonds is 15. The van der Waals surface area contributed by atoms with E-state index >= 15 is 0 Å². The molecule has 42 heavy (non-hydrogen) atoms. The normalized spacial score (nSPS) is 15.4. The van der Waals surface area contributed by atoms with E-state index in [1.807, 2.05) is 38.1 Å². The number of carbonyl (C=O) groups is 3. The van der Waals surface area contributed by atoms with Crippen molar-refractivity contribution in [1.29, 1.82) is 0 Å². The number of nitrogens with one attached hydrogen (secondary N) is 1.